The van der Waals surface area contributed by atoms with Crippen molar-refractivity contribution in [3.63, 3.8) is 0 Å². The molecular formula is C27H29NO9. The van der Waals surface area contributed by atoms with Crippen LogP contribution in [0.2, 0.25) is 0 Å². The lowest BCUT2D eigenvalue weighted by Crippen LogP contribution is -2.52. The van der Waals surface area contributed by atoms with Gasteiger partial charge in [-0.2, -0.15) is 0 Å². The van der Waals surface area contributed by atoms with E-state index in [-0.39, 0.29) is 52.8 Å². The van der Waals surface area contributed by atoms with Crippen LogP contribution in [-0.2, 0) is 20.7 Å². The molecule has 5 rings (SSSR count). The SMILES string of the molecule is COc1cccc2c1C(=O)c1cc3c(c(O)c1C2=O)C[C@@](O)(C(C)=O)C[C@@H]3O[C@H]1C[C@H](N)[C@H](O)[C@H](C)O1. The van der Waals surface area contributed by atoms with E-state index in [0.717, 1.165) is 0 Å². The molecule has 6 atom stereocenters. The lowest BCUT2D eigenvalue weighted by Gasteiger charge is -2.41. The van der Waals surface area contributed by atoms with E-state index in [4.69, 9.17) is 19.9 Å². The van der Waals surface area contributed by atoms with Crippen LogP contribution in [0.5, 0.6) is 11.5 Å². The average Bonchev–Trinajstić information content (AvgIpc) is 2.85. The molecule has 10 nitrogen and oxygen atoms in total. The van der Waals surface area contributed by atoms with Crippen LogP contribution in [0.15, 0.2) is 24.3 Å². The molecule has 0 spiro atoms. The van der Waals surface area contributed by atoms with Gasteiger partial charge in [0.2, 0.25) is 0 Å². The number of aliphatic hydroxyl groups excluding tert-OH is 1. The minimum Gasteiger partial charge on any atom is -0.507 e. The topological polar surface area (TPSA) is 166 Å². The summed E-state index contributed by atoms with van der Waals surface area (Å²) in [6, 6.07) is 5.49. The van der Waals surface area contributed by atoms with E-state index in [1.165, 1.54) is 26.2 Å². The number of methoxy groups -OCH3 is 1. The Labute approximate surface area is 212 Å². The highest BCUT2D eigenvalue weighted by molar-refractivity contribution is 6.30. The number of phenols is 1. The number of carbonyl (C=O) groups is 3. The molecule has 3 aliphatic rings. The van der Waals surface area contributed by atoms with Gasteiger partial charge in [-0.15, -0.1) is 0 Å². The van der Waals surface area contributed by atoms with E-state index in [1.54, 1.807) is 19.1 Å². The number of nitrogens with two attached hydrogens (primary N) is 1. The molecular weight excluding hydrogens is 482 g/mol. The number of aromatic hydroxyl groups is 1. The summed E-state index contributed by atoms with van der Waals surface area (Å²) in [5.74, 6) is -1.85. The molecule has 196 valence electrons. The standard InChI is InChI=1S/C27H29NO9/c1-11-23(30)17(28)8-20(36-11)37-19-10-27(34,12(2)29)9-16-14(19)7-15-22(26(16)33)24(31)13-5-4-6-18(35-3)21(13)25(15)32/h4-7,11,17,19-20,23,30,33-34H,8-10,28H2,1-3H3/t11-,17-,19-,20-,23+,27-/m0/s1. The summed E-state index contributed by atoms with van der Waals surface area (Å²) in [5, 5.41) is 32.6. The number of carbonyl (C=O) groups excluding carboxylic acids is 3. The Morgan fingerprint density at radius 2 is 1.89 bits per heavy atom. The first-order valence-electron chi connectivity index (χ1n) is 12.1. The first kappa shape index (κ1) is 25.5. The molecule has 10 heteroatoms. The lowest BCUT2D eigenvalue weighted by molar-refractivity contribution is -0.247. The van der Waals surface area contributed by atoms with Crippen molar-refractivity contribution >= 4 is 17.3 Å². The molecule has 1 heterocycles. The molecule has 2 aliphatic carbocycles. The Bertz CT molecular complexity index is 1310. The second-order valence-electron chi connectivity index (χ2n) is 10.0. The van der Waals surface area contributed by atoms with E-state index in [0.29, 0.717) is 5.56 Å². The predicted octanol–water partition coefficient (Wildman–Crippen LogP) is 1.32. The quantitative estimate of drug-likeness (QED) is 0.401. The van der Waals surface area contributed by atoms with Crippen molar-refractivity contribution in [2.45, 2.75) is 69.4 Å². The monoisotopic (exact) mass is 511 g/mol. The van der Waals surface area contributed by atoms with Crippen molar-refractivity contribution in [1.82, 2.24) is 0 Å². The number of ether oxygens (including phenoxy) is 3. The van der Waals surface area contributed by atoms with Crippen molar-refractivity contribution in [3.8, 4) is 11.5 Å². The predicted molar refractivity (Wildman–Crippen MR) is 129 cm³/mol. The number of rotatable bonds is 4. The summed E-state index contributed by atoms with van der Waals surface area (Å²) in [6.45, 7) is 2.89. The van der Waals surface area contributed by atoms with Crippen molar-refractivity contribution in [1.29, 1.82) is 0 Å². The van der Waals surface area contributed by atoms with Gasteiger partial charge >= 0.3 is 0 Å². The Hall–Kier alpha value is -3.15. The number of aliphatic hydroxyl groups is 2. The summed E-state index contributed by atoms with van der Waals surface area (Å²) in [5.41, 5.74) is 4.63. The van der Waals surface area contributed by atoms with Crippen LogP contribution in [0, 0.1) is 0 Å². The molecule has 0 radical (unpaired) electrons. The van der Waals surface area contributed by atoms with Crippen LogP contribution in [0.3, 0.4) is 0 Å². The van der Waals surface area contributed by atoms with Gasteiger partial charge in [-0.05, 0) is 31.5 Å². The van der Waals surface area contributed by atoms with E-state index in [9.17, 15) is 29.7 Å². The number of Topliss-reactive ketones (excluding diaryl/α,β-unsaturated/α-hetero) is 1. The third kappa shape index (κ3) is 3.96. The minimum absolute atomic E-state index is 0.0230. The zero-order chi connectivity index (χ0) is 26.8. The summed E-state index contributed by atoms with van der Waals surface area (Å²) in [6.07, 6.45) is -3.64. The fraction of sp³-hybridized carbons (Fsp3) is 0.444. The number of benzene rings is 2. The maximum absolute atomic E-state index is 13.6. The normalized spacial score (nSPS) is 30.8. The first-order valence-corrected chi connectivity index (χ1v) is 12.1. The van der Waals surface area contributed by atoms with Gasteiger partial charge in [0.15, 0.2) is 23.6 Å². The van der Waals surface area contributed by atoms with Gasteiger partial charge in [-0.25, -0.2) is 0 Å². The van der Waals surface area contributed by atoms with Crippen LogP contribution >= 0.6 is 0 Å². The van der Waals surface area contributed by atoms with Crippen LogP contribution in [0.4, 0.5) is 0 Å². The molecule has 2 aromatic carbocycles. The van der Waals surface area contributed by atoms with E-state index in [1.807, 2.05) is 0 Å². The van der Waals surface area contributed by atoms with Gasteiger partial charge in [0.1, 0.15) is 17.1 Å². The van der Waals surface area contributed by atoms with Crippen LogP contribution in [-0.4, -0.2) is 69.9 Å². The Morgan fingerprint density at radius 3 is 2.54 bits per heavy atom. The number of ketones is 3. The molecule has 0 saturated carbocycles. The van der Waals surface area contributed by atoms with Crippen LogP contribution < -0.4 is 10.5 Å². The smallest absolute Gasteiger partial charge is 0.198 e. The van der Waals surface area contributed by atoms with Gasteiger partial charge < -0.3 is 35.3 Å². The highest BCUT2D eigenvalue weighted by Crippen LogP contribution is 2.48. The fourth-order valence-corrected chi connectivity index (χ4v) is 5.53. The highest BCUT2D eigenvalue weighted by atomic mass is 16.7. The lowest BCUT2D eigenvalue weighted by atomic mass is 9.72. The van der Waals surface area contributed by atoms with Gasteiger partial charge in [0.05, 0.1) is 36.5 Å². The van der Waals surface area contributed by atoms with Crippen molar-refractivity contribution in [3.05, 3.63) is 57.6 Å². The second-order valence-corrected chi connectivity index (χ2v) is 10.0. The molecule has 5 N–H and O–H groups in total. The Balaban J connectivity index is 1.63. The Kier molecular flexibility index (Phi) is 6.20. The molecule has 0 aromatic heterocycles. The maximum atomic E-state index is 13.6. The third-order valence-electron chi connectivity index (χ3n) is 7.69. The zero-order valence-electron chi connectivity index (χ0n) is 20.7. The number of hydrogen-bond acceptors (Lipinski definition) is 10. The van der Waals surface area contributed by atoms with Gasteiger partial charge in [-0.3, -0.25) is 14.4 Å². The number of phenolic OH excluding ortho intramolecular Hbond substituents is 1. The van der Waals surface area contributed by atoms with E-state index >= 15 is 0 Å². The van der Waals surface area contributed by atoms with Gasteiger partial charge in [0, 0.05) is 42.0 Å². The van der Waals surface area contributed by atoms with Crippen molar-refractivity contribution < 1.29 is 43.9 Å². The third-order valence-corrected chi connectivity index (χ3v) is 7.69. The largest absolute Gasteiger partial charge is 0.507 e. The van der Waals surface area contributed by atoms with Crippen molar-refractivity contribution in [2.24, 2.45) is 5.73 Å². The highest BCUT2D eigenvalue weighted by Gasteiger charge is 2.47. The molecule has 1 aliphatic heterocycles. The zero-order valence-corrected chi connectivity index (χ0v) is 20.7. The average molecular weight is 512 g/mol. The first-order chi connectivity index (χ1) is 17.5. The molecule has 1 saturated heterocycles. The molecule has 0 bridgehead atoms. The molecule has 37 heavy (non-hydrogen) atoms. The maximum Gasteiger partial charge on any atom is 0.198 e. The molecule has 0 amide bonds. The summed E-state index contributed by atoms with van der Waals surface area (Å²) >= 11 is 0. The number of fused-ring (bicyclic) bond motifs is 3. The van der Waals surface area contributed by atoms with Crippen LogP contribution in [0.25, 0.3) is 0 Å². The van der Waals surface area contributed by atoms with Crippen molar-refractivity contribution in [2.75, 3.05) is 7.11 Å². The molecule has 1 fully saturated rings. The molecule has 2 aromatic rings. The summed E-state index contributed by atoms with van der Waals surface area (Å²) in [7, 11) is 1.40. The second kappa shape index (κ2) is 9.00. The van der Waals surface area contributed by atoms with E-state index < -0.39 is 59.3 Å². The minimum atomic E-state index is -1.88. The summed E-state index contributed by atoms with van der Waals surface area (Å²) in [4.78, 5) is 39.5. The molecule has 0 unspecified atom stereocenters. The van der Waals surface area contributed by atoms with Gasteiger partial charge in [-0.1, -0.05) is 12.1 Å². The van der Waals surface area contributed by atoms with Crippen LogP contribution in [0.1, 0.15) is 75.8 Å². The number of hydrogen-bond donors (Lipinski definition) is 4. The fourth-order valence-electron chi connectivity index (χ4n) is 5.53. The summed E-state index contributed by atoms with van der Waals surface area (Å²) < 4.78 is 17.2. The van der Waals surface area contributed by atoms with Gasteiger partial charge in [0.25, 0.3) is 0 Å². The Morgan fingerprint density at radius 1 is 1.19 bits per heavy atom. The van der Waals surface area contributed by atoms with E-state index in [2.05, 4.69) is 0 Å².